The predicted octanol–water partition coefficient (Wildman–Crippen LogP) is 4.47. The Morgan fingerprint density at radius 2 is 1.75 bits per heavy atom. The van der Waals surface area contributed by atoms with Gasteiger partial charge < -0.3 is 0 Å². The van der Waals surface area contributed by atoms with Crippen LogP contribution in [0.3, 0.4) is 0 Å². The molecule has 0 aliphatic rings. The van der Waals surface area contributed by atoms with Crippen LogP contribution in [-0.2, 0) is 6.04 Å². The molecule has 16 heavy (non-hydrogen) atoms. The van der Waals surface area contributed by atoms with Gasteiger partial charge in [-0.05, 0) is 6.04 Å². The van der Waals surface area contributed by atoms with Gasteiger partial charge in [0.15, 0.2) is 0 Å². The Kier molecular flexibility index (Phi) is 5.27. The van der Waals surface area contributed by atoms with Gasteiger partial charge in [-0.2, -0.15) is 0 Å². The van der Waals surface area contributed by atoms with Crippen molar-refractivity contribution in [3.05, 3.63) is 60.5 Å². The van der Waals surface area contributed by atoms with Gasteiger partial charge in [0.05, 0.1) is 0 Å². The zero-order chi connectivity index (χ0) is 11.9. The quantitative estimate of drug-likeness (QED) is 0.606. The Balaban J connectivity index is 2.78. The molecule has 0 atom stereocenters. The monoisotopic (exact) mass is 230 g/mol. The normalized spacial score (nSPS) is 11.1. The van der Waals surface area contributed by atoms with Crippen molar-refractivity contribution in [1.82, 2.24) is 0 Å². The summed E-state index contributed by atoms with van der Waals surface area (Å²) in [6.45, 7) is 10.3. The number of hydrogen-bond acceptors (Lipinski definition) is 0. The van der Waals surface area contributed by atoms with Crippen LogP contribution in [0.5, 0.6) is 0 Å². The fourth-order valence-corrected chi connectivity index (χ4v) is 5.05. The molecule has 0 aliphatic heterocycles. The van der Waals surface area contributed by atoms with Gasteiger partial charge in [-0.25, -0.2) is 0 Å². The molecule has 1 aromatic rings. The maximum Gasteiger partial charge on any atom is 0.105 e. The third kappa shape index (κ3) is 3.49. The molecule has 0 fully saturated rings. The highest BCUT2D eigenvalue weighted by atomic mass is 28.3. The number of rotatable bonds is 7. The molecule has 0 heterocycles. The van der Waals surface area contributed by atoms with Gasteiger partial charge in [0, 0.05) is 0 Å². The lowest BCUT2D eigenvalue weighted by atomic mass is 10.2. The van der Waals surface area contributed by atoms with Gasteiger partial charge in [0.1, 0.15) is 8.07 Å². The van der Waals surface area contributed by atoms with Gasteiger partial charge in [0.2, 0.25) is 0 Å². The van der Waals surface area contributed by atoms with E-state index in [-0.39, 0.29) is 0 Å². The average Bonchev–Trinajstić information content (AvgIpc) is 2.36. The van der Waals surface area contributed by atoms with Crippen LogP contribution in [0, 0.1) is 0 Å². The van der Waals surface area contributed by atoms with Gasteiger partial charge in [-0.15, -0.1) is 13.2 Å². The lowest BCUT2D eigenvalue weighted by Gasteiger charge is -2.24. The fraction of sp³-hybridized carbons (Fsp3) is 0.333. The first-order valence-corrected chi connectivity index (χ1v) is 8.64. The maximum absolute atomic E-state index is 4.04. The number of unbranched alkanes of at least 4 members (excludes halogenated alkanes) is 1. The van der Waals surface area contributed by atoms with Crippen molar-refractivity contribution >= 4 is 8.07 Å². The molecule has 0 bridgehead atoms. The molecule has 0 aromatic heterocycles. The van der Waals surface area contributed by atoms with E-state index < -0.39 is 8.07 Å². The predicted molar refractivity (Wildman–Crippen MR) is 76.0 cm³/mol. The molecule has 0 aliphatic carbocycles. The van der Waals surface area contributed by atoms with Gasteiger partial charge >= 0.3 is 0 Å². The summed E-state index contributed by atoms with van der Waals surface area (Å²) in [6.07, 6.45) is 2.54. The second kappa shape index (κ2) is 6.49. The standard InChI is InChI=1S/C15H22Si/c1-4-7-13-16(5-2,6-3)14-15-11-9-8-10-12-15/h5-6,8-12H,2-4,7,13-14H2,1H3. The summed E-state index contributed by atoms with van der Waals surface area (Å²) in [5, 5.41) is 0. The summed E-state index contributed by atoms with van der Waals surface area (Å²) in [6, 6.07) is 13.1. The Labute approximate surface area is 101 Å². The summed E-state index contributed by atoms with van der Waals surface area (Å²) < 4.78 is 0. The molecule has 86 valence electrons. The Morgan fingerprint density at radius 1 is 1.12 bits per heavy atom. The second-order valence-corrected chi connectivity index (χ2v) is 8.54. The van der Waals surface area contributed by atoms with E-state index in [2.05, 4.69) is 61.8 Å². The first-order chi connectivity index (χ1) is 7.76. The highest BCUT2D eigenvalue weighted by Crippen LogP contribution is 2.21. The summed E-state index contributed by atoms with van der Waals surface area (Å²) >= 11 is 0. The first kappa shape index (κ1) is 13.0. The molecule has 1 aromatic carbocycles. The van der Waals surface area contributed by atoms with Gasteiger partial charge in [-0.1, -0.05) is 73.1 Å². The molecule has 0 saturated heterocycles. The largest absolute Gasteiger partial charge is 0.107 e. The van der Waals surface area contributed by atoms with Crippen LogP contribution in [-0.4, -0.2) is 8.07 Å². The van der Waals surface area contributed by atoms with Crippen LogP contribution in [0.1, 0.15) is 25.3 Å². The van der Waals surface area contributed by atoms with Crippen LogP contribution in [0.2, 0.25) is 6.04 Å². The lowest BCUT2D eigenvalue weighted by molar-refractivity contribution is 0.867. The molecule has 0 spiro atoms. The van der Waals surface area contributed by atoms with Crippen LogP contribution in [0.15, 0.2) is 54.9 Å². The molecule has 1 rings (SSSR count). The van der Waals surface area contributed by atoms with E-state index >= 15 is 0 Å². The van der Waals surface area contributed by atoms with E-state index in [9.17, 15) is 0 Å². The van der Waals surface area contributed by atoms with Gasteiger partial charge in [-0.3, -0.25) is 0 Å². The maximum atomic E-state index is 4.04. The molecule has 0 amide bonds. The average molecular weight is 230 g/mol. The van der Waals surface area contributed by atoms with Crippen LogP contribution in [0.4, 0.5) is 0 Å². The van der Waals surface area contributed by atoms with Crippen LogP contribution >= 0.6 is 0 Å². The van der Waals surface area contributed by atoms with Crippen molar-refractivity contribution in [2.45, 2.75) is 31.9 Å². The van der Waals surface area contributed by atoms with E-state index in [0.29, 0.717) is 0 Å². The van der Waals surface area contributed by atoms with E-state index in [0.717, 1.165) is 6.04 Å². The molecule has 0 nitrogen and oxygen atoms in total. The van der Waals surface area contributed by atoms with Crippen molar-refractivity contribution in [2.24, 2.45) is 0 Å². The second-order valence-electron chi connectivity index (χ2n) is 4.41. The van der Waals surface area contributed by atoms with Gasteiger partial charge in [0.25, 0.3) is 0 Å². The number of hydrogen-bond donors (Lipinski definition) is 0. The Hall–Kier alpha value is -1.08. The van der Waals surface area contributed by atoms with E-state index in [1.807, 2.05) is 0 Å². The molecule has 0 saturated carbocycles. The zero-order valence-corrected chi connectivity index (χ0v) is 11.3. The van der Waals surface area contributed by atoms with Crippen molar-refractivity contribution < 1.29 is 0 Å². The first-order valence-electron chi connectivity index (χ1n) is 6.07. The molecule has 0 radical (unpaired) electrons. The van der Waals surface area contributed by atoms with E-state index in [4.69, 9.17) is 0 Å². The van der Waals surface area contributed by atoms with Crippen LogP contribution < -0.4 is 0 Å². The van der Waals surface area contributed by atoms with E-state index in [1.165, 1.54) is 24.4 Å². The SMILES string of the molecule is C=C[Si](C=C)(CCCC)Cc1ccccc1. The summed E-state index contributed by atoms with van der Waals surface area (Å²) in [5.41, 5.74) is 5.82. The van der Waals surface area contributed by atoms with Crippen LogP contribution in [0.25, 0.3) is 0 Å². The third-order valence-electron chi connectivity index (χ3n) is 3.18. The van der Waals surface area contributed by atoms with Crippen molar-refractivity contribution in [3.8, 4) is 0 Å². The third-order valence-corrected chi connectivity index (χ3v) is 7.16. The molecular formula is C15H22Si. The summed E-state index contributed by atoms with van der Waals surface area (Å²) in [5.74, 6) is 0. The Morgan fingerprint density at radius 3 is 2.25 bits per heavy atom. The van der Waals surface area contributed by atoms with E-state index in [1.54, 1.807) is 0 Å². The highest BCUT2D eigenvalue weighted by Gasteiger charge is 2.25. The summed E-state index contributed by atoms with van der Waals surface area (Å²) in [7, 11) is -1.48. The fourth-order valence-electron chi connectivity index (χ4n) is 2.00. The zero-order valence-electron chi connectivity index (χ0n) is 10.3. The lowest BCUT2D eigenvalue weighted by Crippen LogP contribution is -2.33. The smallest absolute Gasteiger partial charge is 0.105 e. The summed E-state index contributed by atoms with van der Waals surface area (Å²) in [4.78, 5) is 0. The molecule has 1 heteroatoms. The molecule has 0 N–H and O–H groups in total. The van der Waals surface area contributed by atoms with Crippen molar-refractivity contribution in [2.75, 3.05) is 0 Å². The minimum atomic E-state index is -1.48. The minimum Gasteiger partial charge on any atom is -0.107 e. The van der Waals surface area contributed by atoms with Crippen molar-refractivity contribution in [1.29, 1.82) is 0 Å². The molecule has 0 unspecified atom stereocenters. The number of benzene rings is 1. The minimum absolute atomic E-state index is 1.15. The topological polar surface area (TPSA) is 0 Å². The molecular weight excluding hydrogens is 208 g/mol. The Bertz CT molecular complexity index is 319. The van der Waals surface area contributed by atoms with Crippen molar-refractivity contribution in [3.63, 3.8) is 0 Å². The highest BCUT2D eigenvalue weighted by molar-refractivity contribution is 6.88.